The zero-order valence-corrected chi connectivity index (χ0v) is 9.45. The van der Waals surface area contributed by atoms with Gasteiger partial charge in [-0.15, -0.1) is 0 Å². The smallest absolute Gasteiger partial charge is 0.265 e. The highest BCUT2D eigenvalue weighted by molar-refractivity contribution is 5.26. The molecule has 0 fully saturated rings. The van der Waals surface area contributed by atoms with Gasteiger partial charge in [0, 0.05) is 32.9 Å². The van der Waals surface area contributed by atoms with Crippen molar-refractivity contribution in [2.24, 2.45) is 12.8 Å². The highest BCUT2D eigenvalue weighted by Crippen LogP contribution is 2.18. The number of hydrogen-bond donors (Lipinski definition) is 1. The molecule has 0 aliphatic carbocycles. The molecule has 0 aromatic carbocycles. The molecule has 0 amide bonds. The Kier molecular flexibility index (Phi) is 2.61. The molecule has 0 spiro atoms. The van der Waals surface area contributed by atoms with E-state index in [1.165, 1.54) is 0 Å². The van der Waals surface area contributed by atoms with Gasteiger partial charge in [0.1, 0.15) is 6.04 Å². The zero-order valence-electron chi connectivity index (χ0n) is 9.45. The number of aromatic nitrogens is 4. The summed E-state index contributed by atoms with van der Waals surface area (Å²) in [5.74, 6) is 0.894. The van der Waals surface area contributed by atoms with E-state index < -0.39 is 6.04 Å². The fraction of sp³-hybridized carbons (Fsp3) is 0.444. The maximum Gasteiger partial charge on any atom is 0.265 e. The van der Waals surface area contributed by atoms with Gasteiger partial charge in [0.25, 0.3) is 5.95 Å². The van der Waals surface area contributed by atoms with Crippen molar-refractivity contribution >= 4 is 5.95 Å². The SMILES string of the molecule is CN(C)c1noc(C(N)c2cnn(C)c2)n1. The van der Waals surface area contributed by atoms with Gasteiger partial charge in [-0.2, -0.15) is 10.1 Å². The van der Waals surface area contributed by atoms with Crippen molar-refractivity contribution in [1.82, 2.24) is 19.9 Å². The monoisotopic (exact) mass is 222 g/mol. The first-order chi connectivity index (χ1) is 7.58. The van der Waals surface area contributed by atoms with Crippen LogP contribution in [0.2, 0.25) is 0 Å². The van der Waals surface area contributed by atoms with E-state index in [0.29, 0.717) is 11.8 Å². The van der Waals surface area contributed by atoms with E-state index in [0.717, 1.165) is 5.56 Å². The third-order valence-electron chi connectivity index (χ3n) is 2.18. The van der Waals surface area contributed by atoms with Crippen LogP contribution in [0.5, 0.6) is 0 Å². The quantitative estimate of drug-likeness (QED) is 0.781. The van der Waals surface area contributed by atoms with Crippen molar-refractivity contribution in [3.05, 3.63) is 23.8 Å². The van der Waals surface area contributed by atoms with Crippen molar-refractivity contribution in [3.8, 4) is 0 Å². The highest BCUT2D eigenvalue weighted by atomic mass is 16.5. The van der Waals surface area contributed by atoms with E-state index in [1.54, 1.807) is 15.8 Å². The lowest BCUT2D eigenvalue weighted by atomic mass is 10.2. The summed E-state index contributed by atoms with van der Waals surface area (Å²) >= 11 is 0. The number of nitrogens with zero attached hydrogens (tertiary/aromatic N) is 5. The Labute approximate surface area is 92.8 Å². The number of rotatable bonds is 3. The molecule has 0 saturated heterocycles. The Morgan fingerprint density at radius 3 is 2.75 bits per heavy atom. The van der Waals surface area contributed by atoms with Crippen molar-refractivity contribution in [3.63, 3.8) is 0 Å². The molecule has 2 aromatic heterocycles. The molecule has 16 heavy (non-hydrogen) atoms. The molecular formula is C9H14N6O. The lowest BCUT2D eigenvalue weighted by Gasteiger charge is -2.04. The molecule has 0 bridgehead atoms. The number of anilines is 1. The van der Waals surface area contributed by atoms with Crippen LogP contribution in [-0.2, 0) is 7.05 Å². The summed E-state index contributed by atoms with van der Waals surface area (Å²) in [6.07, 6.45) is 3.51. The minimum absolute atomic E-state index is 0.386. The van der Waals surface area contributed by atoms with Crippen molar-refractivity contribution in [1.29, 1.82) is 0 Å². The van der Waals surface area contributed by atoms with Gasteiger partial charge in [-0.3, -0.25) is 4.68 Å². The zero-order chi connectivity index (χ0) is 11.7. The Morgan fingerprint density at radius 1 is 1.50 bits per heavy atom. The lowest BCUT2D eigenvalue weighted by Crippen LogP contribution is -2.13. The summed E-state index contributed by atoms with van der Waals surface area (Å²) in [5.41, 5.74) is 6.82. The van der Waals surface area contributed by atoms with Gasteiger partial charge in [-0.25, -0.2) is 0 Å². The van der Waals surface area contributed by atoms with Crippen LogP contribution < -0.4 is 10.6 Å². The third kappa shape index (κ3) is 1.89. The van der Waals surface area contributed by atoms with Crippen LogP contribution in [0.3, 0.4) is 0 Å². The summed E-state index contributed by atoms with van der Waals surface area (Å²) in [4.78, 5) is 5.93. The molecule has 7 nitrogen and oxygen atoms in total. The van der Waals surface area contributed by atoms with Crippen LogP contribution in [-0.4, -0.2) is 34.0 Å². The Hall–Kier alpha value is -1.89. The predicted octanol–water partition coefficient (Wildman–Crippen LogP) is -0.0828. The minimum atomic E-state index is -0.435. The Morgan fingerprint density at radius 2 is 2.25 bits per heavy atom. The molecule has 2 N–H and O–H groups in total. The summed E-state index contributed by atoms with van der Waals surface area (Å²) < 4.78 is 6.77. The van der Waals surface area contributed by atoms with Gasteiger partial charge < -0.3 is 15.2 Å². The van der Waals surface area contributed by atoms with E-state index in [4.69, 9.17) is 10.3 Å². The van der Waals surface area contributed by atoms with Gasteiger partial charge in [-0.05, 0) is 5.16 Å². The van der Waals surface area contributed by atoms with Gasteiger partial charge in [0.2, 0.25) is 5.89 Å². The Balaban J connectivity index is 2.23. The molecule has 0 aliphatic heterocycles. The first-order valence-electron chi connectivity index (χ1n) is 4.83. The standard InChI is InChI=1S/C9H14N6O/c1-14(2)9-12-8(16-13-9)7(10)6-4-11-15(3)5-6/h4-5,7H,10H2,1-3H3. The normalized spacial score (nSPS) is 12.8. The maximum absolute atomic E-state index is 5.98. The molecule has 1 unspecified atom stereocenters. The first kappa shape index (κ1) is 10.6. The van der Waals surface area contributed by atoms with Crippen molar-refractivity contribution in [2.75, 3.05) is 19.0 Å². The molecule has 0 radical (unpaired) electrons. The number of nitrogens with two attached hydrogens (primary N) is 1. The molecule has 2 rings (SSSR count). The van der Waals surface area contributed by atoms with E-state index in [2.05, 4.69) is 15.2 Å². The van der Waals surface area contributed by atoms with Crippen molar-refractivity contribution in [2.45, 2.75) is 6.04 Å². The van der Waals surface area contributed by atoms with Crippen LogP contribution in [0.4, 0.5) is 5.95 Å². The molecule has 2 aromatic rings. The van der Waals surface area contributed by atoms with Gasteiger partial charge in [-0.1, -0.05) is 0 Å². The summed E-state index contributed by atoms with van der Waals surface area (Å²) in [5, 5.41) is 7.84. The third-order valence-corrected chi connectivity index (χ3v) is 2.18. The van der Waals surface area contributed by atoms with Crippen LogP contribution in [0, 0.1) is 0 Å². The number of aryl methyl sites for hydroxylation is 1. The topological polar surface area (TPSA) is 86.0 Å². The fourth-order valence-electron chi connectivity index (χ4n) is 1.28. The fourth-order valence-corrected chi connectivity index (χ4v) is 1.28. The predicted molar refractivity (Wildman–Crippen MR) is 57.9 cm³/mol. The lowest BCUT2D eigenvalue weighted by molar-refractivity contribution is 0.367. The first-order valence-corrected chi connectivity index (χ1v) is 4.83. The molecule has 7 heteroatoms. The average molecular weight is 222 g/mol. The van der Waals surface area contributed by atoms with E-state index in [-0.39, 0.29) is 0 Å². The van der Waals surface area contributed by atoms with Crippen LogP contribution in [0.1, 0.15) is 17.5 Å². The van der Waals surface area contributed by atoms with E-state index in [1.807, 2.05) is 27.3 Å². The van der Waals surface area contributed by atoms with E-state index >= 15 is 0 Å². The summed E-state index contributed by atoms with van der Waals surface area (Å²) in [6, 6.07) is -0.435. The number of hydrogen-bond acceptors (Lipinski definition) is 6. The molecule has 2 heterocycles. The van der Waals surface area contributed by atoms with Gasteiger partial charge in [0.15, 0.2) is 0 Å². The molecule has 86 valence electrons. The molecular weight excluding hydrogens is 208 g/mol. The summed E-state index contributed by atoms with van der Waals surface area (Å²) in [6.45, 7) is 0. The van der Waals surface area contributed by atoms with Crippen molar-refractivity contribution < 1.29 is 4.52 Å². The second-order valence-electron chi connectivity index (χ2n) is 3.75. The van der Waals surface area contributed by atoms with Crippen LogP contribution >= 0.6 is 0 Å². The molecule has 0 saturated carbocycles. The van der Waals surface area contributed by atoms with Crippen LogP contribution in [0.15, 0.2) is 16.9 Å². The Bertz CT molecular complexity index is 474. The minimum Gasteiger partial charge on any atom is -0.344 e. The largest absolute Gasteiger partial charge is 0.344 e. The second kappa shape index (κ2) is 3.93. The molecule has 1 atom stereocenters. The second-order valence-corrected chi connectivity index (χ2v) is 3.75. The highest BCUT2D eigenvalue weighted by Gasteiger charge is 2.18. The molecule has 0 aliphatic rings. The van der Waals surface area contributed by atoms with Crippen LogP contribution in [0.25, 0.3) is 0 Å². The summed E-state index contributed by atoms with van der Waals surface area (Å²) in [7, 11) is 5.50. The van der Waals surface area contributed by atoms with Gasteiger partial charge in [0.05, 0.1) is 6.20 Å². The van der Waals surface area contributed by atoms with Gasteiger partial charge >= 0.3 is 0 Å². The average Bonchev–Trinajstić information content (AvgIpc) is 2.84. The van der Waals surface area contributed by atoms with E-state index in [9.17, 15) is 0 Å². The maximum atomic E-state index is 5.98.